The first-order valence-electron chi connectivity index (χ1n) is 6.31. The van der Waals surface area contributed by atoms with Crippen molar-refractivity contribution in [2.75, 3.05) is 39.4 Å². The lowest BCUT2D eigenvalue weighted by Gasteiger charge is -2.37. The fourth-order valence-corrected chi connectivity index (χ4v) is 2.11. The van der Waals surface area contributed by atoms with Crippen molar-refractivity contribution in [3.8, 4) is 0 Å². The van der Waals surface area contributed by atoms with Crippen molar-refractivity contribution >= 4 is 0 Å². The van der Waals surface area contributed by atoms with E-state index in [0.717, 1.165) is 30.7 Å². The highest BCUT2D eigenvalue weighted by Crippen LogP contribution is 2.10. The van der Waals surface area contributed by atoms with Crippen LogP contribution in [0.5, 0.6) is 0 Å². The lowest BCUT2D eigenvalue weighted by Crippen LogP contribution is -2.52. The molecule has 92 valence electrons. The number of unbranched alkanes of at least 4 members (excludes halogenated alkanes) is 3. The van der Waals surface area contributed by atoms with Gasteiger partial charge in [-0.15, -0.1) is 0 Å². The molecule has 0 saturated heterocycles. The van der Waals surface area contributed by atoms with Crippen molar-refractivity contribution in [2.45, 2.75) is 39.5 Å². The van der Waals surface area contributed by atoms with Crippen LogP contribution in [0.25, 0.3) is 0 Å². The summed E-state index contributed by atoms with van der Waals surface area (Å²) in [5.74, 6) is 0. The lowest BCUT2D eigenvalue weighted by atomic mass is 10.1. The van der Waals surface area contributed by atoms with Crippen LogP contribution in [0.1, 0.15) is 39.5 Å². The standard InChI is InChI=1S/C12H28NO2/c1-3-5-6-7-8-13(4-2,9-11-14)10-12-15/h14-15H,3-12H2,1-2H3/q+1. The molecular weight excluding hydrogens is 190 g/mol. The van der Waals surface area contributed by atoms with E-state index < -0.39 is 0 Å². The highest BCUT2D eigenvalue weighted by molar-refractivity contribution is 4.46. The first-order chi connectivity index (χ1) is 7.24. The Balaban J connectivity index is 3.96. The molecule has 3 nitrogen and oxygen atoms in total. The molecule has 0 radical (unpaired) electrons. The predicted molar refractivity (Wildman–Crippen MR) is 63.7 cm³/mol. The summed E-state index contributed by atoms with van der Waals surface area (Å²) >= 11 is 0. The number of likely N-dealkylation sites (N-methyl/N-ethyl adjacent to an activating group) is 1. The molecule has 0 amide bonds. The molecule has 0 fully saturated rings. The van der Waals surface area contributed by atoms with Gasteiger partial charge < -0.3 is 14.7 Å². The number of rotatable bonds is 10. The second kappa shape index (κ2) is 9.13. The van der Waals surface area contributed by atoms with E-state index in [1.165, 1.54) is 25.7 Å². The van der Waals surface area contributed by atoms with Crippen LogP contribution in [-0.4, -0.2) is 54.1 Å². The third kappa shape index (κ3) is 6.13. The van der Waals surface area contributed by atoms with Gasteiger partial charge in [-0.05, 0) is 19.8 Å². The molecule has 0 atom stereocenters. The van der Waals surface area contributed by atoms with Gasteiger partial charge in [-0.3, -0.25) is 0 Å². The SMILES string of the molecule is CCCCCC[N+](CC)(CCO)CCO. The van der Waals surface area contributed by atoms with E-state index in [9.17, 15) is 0 Å². The molecule has 0 saturated carbocycles. The Labute approximate surface area is 94.3 Å². The third-order valence-corrected chi connectivity index (χ3v) is 3.31. The zero-order chi connectivity index (χ0) is 11.6. The van der Waals surface area contributed by atoms with Gasteiger partial charge in [0.05, 0.1) is 26.3 Å². The predicted octanol–water partition coefficient (Wildman–Crippen LogP) is 1.39. The second-order valence-electron chi connectivity index (χ2n) is 4.34. The molecule has 0 heterocycles. The molecule has 0 aliphatic carbocycles. The maximum Gasteiger partial charge on any atom is 0.102 e. The van der Waals surface area contributed by atoms with Gasteiger partial charge in [-0.2, -0.15) is 0 Å². The molecule has 0 unspecified atom stereocenters. The van der Waals surface area contributed by atoms with Crippen LogP contribution < -0.4 is 0 Å². The minimum Gasteiger partial charge on any atom is -0.391 e. The van der Waals surface area contributed by atoms with E-state index in [0.29, 0.717) is 0 Å². The van der Waals surface area contributed by atoms with Crippen LogP contribution in [0.4, 0.5) is 0 Å². The summed E-state index contributed by atoms with van der Waals surface area (Å²) in [4.78, 5) is 0. The number of hydrogen-bond donors (Lipinski definition) is 2. The smallest absolute Gasteiger partial charge is 0.102 e. The highest BCUT2D eigenvalue weighted by atomic mass is 16.3. The molecule has 0 spiro atoms. The molecule has 0 rings (SSSR count). The fourth-order valence-electron chi connectivity index (χ4n) is 2.11. The van der Waals surface area contributed by atoms with Crippen LogP contribution in [0.15, 0.2) is 0 Å². The van der Waals surface area contributed by atoms with E-state index in [-0.39, 0.29) is 13.2 Å². The molecule has 15 heavy (non-hydrogen) atoms. The molecule has 0 bridgehead atoms. The average molecular weight is 218 g/mol. The van der Waals surface area contributed by atoms with E-state index in [2.05, 4.69) is 13.8 Å². The molecular formula is C12H28NO2+. The number of hydrogen-bond acceptors (Lipinski definition) is 2. The molecule has 3 heteroatoms. The van der Waals surface area contributed by atoms with Gasteiger partial charge in [0.2, 0.25) is 0 Å². The summed E-state index contributed by atoms with van der Waals surface area (Å²) in [6.07, 6.45) is 5.03. The highest BCUT2D eigenvalue weighted by Gasteiger charge is 2.23. The second-order valence-corrected chi connectivity index (χ2v) is 4.34. The number of nitrogens with zero attached hydrogens (tertiary/aromatic N) is 1. The molecule has 0 aliphatic rings. The van der Waals surface area contributed by atoms with Gasteiger partial charge in [0, 0.05) is 0 Å². The van der Waals surface area contributed by atoms with Crippen molar-refractivity contribution in [1.82, 2.24) is 0 Å². The van der Waals surface area contributed by atoms with Crippen molar-refractivity contribution in [2.24, 2.45) is 0 Å². The first-order valence-corrected chi connectivity index (χ1v) is 6.31. The average Bonchev–Trinajstić information content (AvgIpc) is 2.25. The van der Waals surface area contributed by atoms with Crippen LogP contribution in [0.2, 0.25) is 0 Å². The molecule has 0 aromatic heterocycles. The first kappa shape index (κ1) is 14.9. The Bertz CT molecular complexity index is 134. The number of quaternary nitrogens is 1. The van der Waals surface area contributed by atoms with E-state index in [1.54, 1.807) is 0 Å². The summed E-state index contributed by atoms with van der Waals surface area (Å²) in [6.45, 7) is 8.47. The van der Waals surface area contributed by atoms with Gasteiger partial charge in [0.15, 0.2) is 0 Å². The van der Waals surface area contributed by atoms with Crippen LogP contribution in [0, 0.1) is 0 Å². The van der Waals surface area contributed by atoms with Crippen molar-refractivity contribution in [1.29, 1.82) is 0 Å². The van der Waals surface area contributed by atoms with Crippen molar-refractivity contribution in [3.05, 3.63) is 0 Å². The van der Waals surface area contributed by atoms with Crippen LogP contribution in [-0.2, 0) is 0 Å². The van der Waals surface area contributed by atoms with Crippen LogP contribution in [0.3, 0.4) is 0 Å². The van der Waals surface area contributed by atoms with Crippen LogP contribution >= 0.6 is 0 Å². The van der Waals surface area contributed by atoms with E-state index in [1.807, 2.05) is 0 Å². The van der Waals surface area contributed by atoms with Gasteiger partial charge in [0.25, 0.3) is 0 Å². The monoisotopic (exact) mass is 218 g/mol. The number of aliphatic hydroxyl groups excluding tert-OH is 2. The van der Waals surface area contributed by atoms with Gasteiger partial charge in [-0.25, -0.2) is 0 Å². The number of aliphatic hydroxyl groups is 2. The maximum atomic E-state index is 9.07. The van der Waals surface area contributed by atoms with E-state index in [4.69, 9.17) is 10.2 Å². The normalized spacial score (nSPS) is 12.0. The Morgan fingerprint density at radius 3 is 1.80 bits per heavy atom. The van der Waals surface area contributed by atoms with Gasteiger partial charge in [-0.1, -0.05) is 19.8 Å². The summed E-state index contributed by atoms with van der Waals surface area (Å²) in [7, 11) is 0. The Morgan fingerprint density at radius 2 is 1.40 bits per heavy atom. The maximum absolute atomic E-state index is 9.07. The Morgan fingerprint density at radius 1 is 0.800 bits per heavy atom. The summed E-state index contributed by atoms with van der Waals surface area (Å²) < 4.78 is 0.872. The molecule has 2 N–H and O–H groups in total. The largest absolute Gasteiger partial charge is 0.391 e. The molecule has 0 aromatic carbocycles. The Kier molecular flexibility index (Phi) is 9.06. The minimum absolute atomic E-state index is 0.224. The molecule has 0 aromatic rings. The zero-order valence-electron chi connectivity index (χ0n) is 10.4. The van der Waals surface area contributed by atoms with Gasteiger partial charge >= 0.3 is 0 Å². The summed E-state index contributed by atoms with van der Waals surface area (Å²) in [6, 6.07) is 0. The minimum atomic E-state index is 0.224. The van der Waals surface area contributed by atoms with Crippen molar-refractivity contribution < 1.29 is 14.7 Å². The van der Waals surface area contributed by atoms with E-state index >= 15 is 0 Å². The molecule has 0 aliphatic heterocycles. The third-order valence-electron chi connectivity index (χ3n) is 3.31. The van der Waals surface area contributed by atoms with Crippen molar-refractivity contribution in [3.63, 3.8) is 0 Å². The fraction of sp³-hybridized carbons (Fsp3) is 1.00. The Hall–Kier alpha value is -0.120. The topological polar surface area (TPSA) is 40.5 Å². The zero-order valence-corrected chi connectivity index (χ0v) is 10.4. The summed E-state index contributed by atoms with van der Waals surface area (Å²) in [5, 5.41) is 18.1. The quantitative estimate of drug-likeness (QED) is 0.430. The summed E-state index contributed by atoms with van der Waals surface area (Å²) in [5.41, 5.74) is 0. The van der Waals surface area contributed by atoms with Gasteiger partial charge in [0.1, 0.15) is 13.1 Å². The lowest BCUT2D eigenvalue weighted by molar-refractivity contribution is -0.927.